The van der Waals surface area contributed by atoms with Gasteiger partial charge in [-0.3, -0.25) is 4.79 Å². The van der Waals surface area contributed by atoms with Crippen LogP contribution in [0.5, 0.6) is 0 Å². The lowest BCUT2D eigenvalue weighted by Gasteiger charge is -2.14. The van der Waals surface area contributed by atoms with Crippen LogP contribution >= 0.6 is 0 Å². The number of aryl methyl sites for hydroxylation is 1. The third-order valence-corrected chi connectivity index (χ3v) is 3.47. The van der Waals surface area contributed by atoms with Gasteiger partial charge in [0.15, 0.2) is 0 Å². The van der Waals surface area contributed by atoms with Crippen LogP contribution in [0.15, 0.2) is 29.2 Å². The quantitative estimate of drug-likeness (QED) is 0.848. The highest BCUT2D eigenvalue weighted by Crippen LogP contribution is 2.14. The van der Waals surface area contributed by atoms with Crippen molar-refractivity contribution in [1.82, 2.24) is 4.31 Å². The predicted octanol–water partition coefficient (Wildman–Crippen LogP) is 0.700. The Balaban J connectivity index is 3.27. The number of nitrogens with zero attached hydrogens (tertiary/aromatic N) is 1. The molecule has 5 nitrogen and oxygen atoms in total. The summed E-state index contributed by atoms with van der Waals surface area (Å²) in [5.41, 5.74) is 0.803. The first kappa shape index (κ1) is 8.72. The number of hydrogen-bond acceptors (Lipinski definition) is 3. The normalized spacial score (nSPS) is 15.2. The van der Waals surface area contributed by atoms with Crippen LogP contribution in [0.2, 0.25) is 0 Å². The minimum atomic E-state index is -4.38. The first-order valence-electron chi connectivity index (χ1n) is 5.86. The van der Waals surface area contributed by atoms with Crippen LogP contribution < -0.4 is 0 Å². The molecule has 0 aliphatic carbocycles. The largest absolute Gasteiger partial charge is 0.480 e. The second-order valence-corrected chi connectivity index (χ2v) is 5.08. The Morgan fingerprint density at radius 1 is 1.44 bits per heavy atom. The highest BCUT2D eigenvalue weighted by atomic mass is 32.2. The SMILES string of the molecule is [2H]C([2H])([2H])N(CC(=O)O)S(=O)(=O)c1ccc(C)cc1. The lowest BCUT2D eigenvalue weighted by Crippen LogP contribution is -2.31. The number of carbonyl (C=O) groups is 1. The van der Waals surface area contributed by atoms with Gasteiger partial charge in [0.1, 0.15) is 6.54 Å². The molecule has 6 heteroatoms. The number of likely N-dealkylation sites (N-methyl/N-ethyl adjacent to an activating group) is 1. The molecule has 1 aromatic carbocycles. The fraction of sp³-hybridized carbons (Fsp3) is 0.300. The summed E-state index contributed by atoms with van der Waals surface area (Å²) in [5.74, 6) is -1.54. The van der Waals surface area contributed by atoms with Gasteiger partial charge in [0.05, 0.1) is 4.90 Å². The molecular weight excluding hydrogens is 230 g/mol. The summed E-state index contributed by atoms with van der Waals surface area (Å²) in [5, 5.41) is 8.65. The van der Waals surface area contributed by atoms with Crippen molar-refractivity contribution < 1.29 is 22.4 Å². The lowest BCUT2D eigenvalue weighted by molar-refractivity contribution is -0.137. The van der Waals surface area contributed by atoms with E-state index in [9.17, 15) is 13.2 Å². The van der Waals surface area contributed by atoms with Crippen molar-refractivity contribution >= 4 is 16.0 Å². The molecule has 0 aliphatic rings. The van der Waals surface area contributed by atoms with E-state index in [4.69, 9.17) is 9.22 Å². The van der Waals surface area contributed by atoms with E-state index in [1.165, 1.54) is 24.3 Å². The van der Waals surface area contributed by atoms with E-state index < -0.39 is 29.5 Å². The van der Waals surface area contributed by atoms with Crippen molar-refractivity contribution in [3.05, 3.63) is 29.8 Å². The number of rotatable bonds is 4. The van der Waals surface area contributed by atoms with Gasteiger partial charge in [-0.15, -0.1) is 0 Å². The number of sulfonamides is 1. The topological polar surface area (TPSA) is 74.7 Å². The summed E-state index contributed by atoms with van der Waals surface area (Å²) < 4.78 is 45.7. The Hall–Kier alpha value is -1.40. The standard InChI is InChI=1S/C10H13NO4S/c1-8-3-5-9(6-4-8)16(14,15)11(2)7-10(12)13/h3-6H,7H2,1-2H3,(H,12,13)/i2D3. The smallest absolute Gasteiger partial charge is 0.318 e. The summed E-state index contributed by atoms with van der Waals surface area (Å²) in [6.07, 6.45) is 0. The predicted molar refractivity (Wildman–Crippen MR) is 58.6 cm³/mol. The molecule has 0 spiro atoms. The van der Waals surface area contributed by atoms with Crippen LogP contribution in [0, 0.1) is 6.92 Å². The van der Waals surface area contributed by atoms with Gasteiger partial charge in [-0.2, -0.15) is 4.31 Å². The monoisotopic (exact) mass is 246 g/mol. The summed E-state index contributed by atoms with van der Waals surface area (Å²) in [4.78, 5) is 10.4. The average Bonchev–Trinajstić information content (AvgIpc) is 2.24. The van der Waals surface area contributed by atoms with Crippen molar-refractivity contribution in [2.24, 2.45) is 0 Å². The van der Waals surface area contributed by atoms with E-state index in [-0.39, 0.29) is 9.20 Å². The number of aliphatic carboxylic acids is 1. The molecule has 0 aromatic heterocycles. The Kier molecular flexibility index (Phi) is 2.52. The molecule has 0 amide bonds. The van der Waals surface area contributed by atoms with Gasteiger partial charge in [0.25, 0.3) is 0 Å². The van der Waals surface area contributed by atoms with Crippen molar-refractivity contribution in [1.29, 1.82) is 0 Å². The molecule has 1 rings (SSSR count). The maximum absolute atomic E-state index is 12.1. The fourth-order valence-electron chi connectivity index (χ4n) is 1.05. The Bertz CT molecular complexity index is 565. The molecule has 0 unspecified atom stereocenters. The zero-order valence-corrected chi connectivity index (χ0v) is 9.36. The molecule has 0 atom stereocenters. The molecule has 0 radical (unpaired) electrons. The second kappa shape index (κ2) is 4.63. The number of hydrogen-bond donors (Lipinski definition) is 1. The lowest BCUT2D eigenvalue weighted by atomic mass is 10.2. The van der Waals surface area contributed by atoms with E-state index in [1.54, 1.807) is 6.92 Å². The Labute approximate surface area is 98.6 Å². The third kappa shape index (κ3) is 2.80. The average molecular weight is 246 g/mol. The minimum Gasteiger partial charge on any atom is -0.480 e. The molecule has 0 aliphatic heterocycles. The first-order chi connectivity index (χ1) is 8.55. The molecule has 0 heterocycles. The zero-order valence-electron chi connectivity index (χ0n) is 11.5. The minimum absolute atomic E-state index is 0.00694. The first-order valence-corrected chi connectivity index (χ1v) is 5.80. The molecular formula is C10H13NO4S. The molecule has 0 bridgehead atoms. The van der Waals surface area contributed by atoms with Crippen LogP contribution in [0.1, 0.15) is 9.68 Å². The fourth-order valence-corrected chi connectivity index (χ4v) is 2.06. The number of benzene rings is 1. The van der Waals surface area contributed by atoms with Crippen molar-refractivity contribution in [3.8, 4) is 0 Å². The summed E-state index contributed by atoms with van der Waals surface area (Å²) in [7, 11) is -4.38. The van der Waals surface area contributed by atoms with Crippen LogP contribution in [0.4, 0.5) is 0 Å². The van der Waals surface area contributed by atoms with Crippen LogP contribution in [0.25, 0.3) is 0 Å². The third-order valence-electron chi connectivity index (χ3n) is 1.89. The van der Waals surface area contributed by atoms with E-state index in [0.717, 1.165) is 5.56 Å². The number of carboxylic acid groups (broad SMARTS) is 1. The molecule has 0 saturated carbocycles. The maximum atomic E-state index is 12.1. The van der Waals surface area contributed by atoms with Crippen LogP contribution in [-0.4, -0.2) is 37.3 Å². The van der Waals surface area contributed by atoms with Gasteiger partial charge in [0.2, 0.25) is 10.0 Å². The molecule has 88 valence electrons. The second-order valence-electron chi connectivity index (χ2n) is 3.22. The molecule has 0 saturated heterocycles. The Morgan fingerprint density at radius 3 is 2.44 bits per heavy atom. The maximum Gasteiger partial charge on any atom is 0.318 e. The zero-order chi connectivity index (χ0) is 14.8. The van der Waals surface area contributed by atoms with Gasteiger partial charge in [-0.25, -0.2) is 8.42 Å². The van der Waals surface area contributed by atoms with Gasteiger partial charge in [-0.05, 0) is 19.1 Å². The number of carboxylic acids is 1. The van der Waals surface area contributed by atoms with Crippen LogP contribution in [-0.2, 0) is 14.8 Å². The summed E-state index contributed by atoms with van der Waals surface area (Å²) in [6.45, 7) is -2.43. The van der Waals surface area contributed by atoms with Crippen molar-refractivity contribution in [2.45, 2.75) is 11.8 Å². The van der Waals surface area contributed by atoms with Crippen molar-refractivity contribution in [3.63, 3.8) is 0 Å². The molecule has 0 fully saturated rings. The van der Waals surface area contributed by atoms with Gasteiger partial charge in [-0.1, -0.05) is 17.7 Å². The van der Waals surface area contributed by atoms with Gasteiger partial charge in [0, 0.05) is 11.1 Å². The Morgan fingerprint density at radius 2 is 2.00 bits per heavy atom. The van der Waals surface area contributed by atoms with E-state index in [2.05, 4.69) is 0 Å². The van der Waals surface area contributed by atoms with Gasteiger partial charge < -0.3 is 5.11 Å². The van der Waals surface area contributed by atoms with E-state index in [1.807, 2.05) is 0 Å². The molecule has 16 heavy (non-hydrogen) atoms. The summed E-state index contributed by atoms with van der Waals surface area (Å²) in [6, 6.07) is 5.49. The summed E-state index contributed by atoms with van der Waals surface area (Å²) >= 11 is 0. The van der Waals surface area contributed by atoms with Crippen molar-refractivity contribution in [2.75, 3.05) is 13.5 Å². The van der Waals surface area contributed by atoms with Gasteiger partial charge >= 0.3 is 5.97 Å². The van der Waals surface area contributed by atoms with E-state index >= 15 is 0 Å². The highest BCUT2D eigenvalue weighted by Gasteiger charge is 2.22. The molecule has 1 aromatic rings. The molecule has 1 N–H and O–H groups in total. The van der Waals surface area contributed by atoms with E-state index in [0.29, 0.717) is 0 Å². The highest BCUT2D eigenvalue weighted by molar-refractivity contribution is 7.89. The van der Waals surface area contributed by atoms with Crippen LogP contribution in [0.3, 0.4) is 0 Å².